The second-order valence-corrected chi connectivity index (χ2v) is 4.00. The fourth-order valence-corrected chi connectivity index (χ4v) is 2.65. The van der Waals surface area contributed by atoms with Crippen LogP contribution in [0.5, 0.6) is 0 Å². The van der Waals surface area contributed by atoms with Gasteiger partial charge in [-0.1, -0.05) is 6.92 Å². The Morgan fingerprint density at radius 2 is 2.09 bits per heavy atom. The fraction of sp³-hybridized carbons (Fsp3) is 1.00. The third kappa shape index (κ3) is 1.18. The predicted molar refractivity (Wildman–Crippen MR) is 44.4 cm³/mol. The van der Waals surface area contributed by atoms with E-state index in [1.165, 1.54) is 19.4 Å². The van der Waals surface area contributed by atoms with Crippen molar-refractivity contribution in [1.29, 1.82) is 0 Å². The first-order valence-corrected chi connectivity index (χ1v) is 4.71. The van der Waals surface area contributed by atoms with E-state index in [4.69, 9.17) is 0 Å². The SMILES string of the molecule is CC1CCCN2CCC(O)C12. The van der Waals surface area contributed by atoms with Crippen LogP contribution in [-0.4, -0.2) is 35.2 Å². The van der Waals surface area contributed by atoms with Gasteiger partial charge in [0.15, 0.2) is 0 Å². The summed E-state index contributed by atoms with van der Waals surface area (Å²) in [6, 6.07) is 0.490. The molecule has 2 nitrogen and oxygen atoms in total. The van der Waals surface area contributed by atoms with E-state index < -0.39 is 0 Å². The quantitative estimate of drug-likeness (QED) is 0.560. The van der Waals surface area contributed by atoms with Gasteiger partial charge in [-0.3, -0.25) is 4.90 Å². The molecule has 2 aliphatic heterocycles. The van der Waals surface area contributed by atoms with Crippen LogP contribution in [0.2, 0.25) is 0 Å². The Balaban J connectivity index is 2.08. The molecule has 2 heterocycles. The normalized spacial score (nSPS) is 45.8. The maximum Gasteiger partial charge on any atom is 0.0710 e. The summed E-state index contributed by atoms with van der Waals surface area (Å²) in [5.41, 5.74) is 0. The van der Waals surface area contributed by atoms with Crippen molar-refractivity contribution in [3.05, 3.63) is 0 Å². The van der Waals surface area contributed by atoms with Crippen LogP contribution in [0.3, 0.4) is 0 Å². The molecule has 0 spiro atoms. The third-order valence-electron chi connectivity index (χ3n) is 3.22. The minimum atomic E-state index is -0.0368. The lowest BCUT2D eigenvalue weighted by molar-refractivity contribution is 0.0563. The highest BCUT2D eigenvalue weighted by atomic mass is 16.3. The Morgan fingerprint density at radius 3 is 2.82 bits per heavy atom. The van der Waals surface area contributed by atoms with Crippen LogP contribution in [0.4, 0.5) is 0 Å². The van der Waals surface area contributed by atoms with Crippen molar-refractivity contribution in [3.63, 3.8) is 0 Å². The molecule has 0 bridgehead atoms. The van der Waals surface area contributed by atoms with Crippen molar-refractivity contribution >= 4 is 0 Å². The summed E-state index contributed by atoms with van der Waals surface area (Å²) in [6.07, 6.45) is 3.59. The molecule has 3 unspecified atom stereocenters. The molecule has 0 aromatic carbocycles. The van der Waals surface area contributed by atoms with Crippen LogP contribution >= 0.6 is 0 Å². The van der Waals surface area contributed by atoms with Crippen LogP contribution in [0.1, 0.15) is 26.2 Å². The molecule has 2 saturated heterocycles. The van der Waals surface area contributed by atoms with Gasteiger partial charge in [0.2, 0.25) is 0 Å². The van der Waals surface area contributed by atoms with Crippen molar-refractivity contribution in [3.8, 4) is 0 Å². The molecule has 11 heavy (non-hydrogen) atoms. The Kier molecular flexibility index (Phi) is 1.90. The van der Waals surface area contributed by atoms with E-state index in [9.17, 15) is 5.11 Å². The Labute approximate surface area is 68.2 Å². The first-order valence-electron chi connectivity index (χ1n) is 4.71. The van der Waals surface area contributed by atoms with Crippen LogP contribution in [-0.2, 0) is 0 Å². The van der Waals surface area contributed by atoms with Gasteiger partial charge in [-0.2, -0.15) is 0 Å². The number of fused-ring (bicyclic) bond motifs is 1. The molecule has 0 amide bonds. The van der Waals surface area contributed by atoms with E-state index in [1.54, 1.807) is 0 Å². The summed E-state index contributed by atoms with van der Waals surface area (Å²) < 4.78 is 0. The molecule has 0 aromatic heterocycles. The minimum absolute atomic E-state index is 0.0368. The number of hydrogen-bond acceptors (Lipinski definition) is 2. The molecule has 2 heteroatoms. The van der Waals surface area contributed by atoms with Crippen LogP contribution in [0.15, 0.2) is 0 Å². The summed E-state index contributed by atoms with van der Waals surface area (Å²) in [6.45, 7) is 4.60. The molecule has 0 aromatic rings. The molecule has 3 atom stereocenters. The molecule has 2 fully saturated rings. The largest absolute Gasteiger partial charge is 0.391 e. The van der Waals surface area contributed by atoms with E-state index in [-0.39, 0.29) is 6.10 Å². The van der Waals surface area contributed by atoms with Gasteiger partial charge in [-0.25, -0.2) is 0 Å². The van der Waals surface area contributed by atoms with Crippen LogP contribution in [0, 0.1) is 5.92 Å². The van der Waals surface area contributed by atoms with Gasteiger partial charge in [0, 0.05) is 12.6 Å². The zero-order valence-corrected chi connectivity index (χ0v) is 7.16. The van der Waals surface area contributed by atoms with E-state index in [2.05, 4.69) is 11.8 Å². The average Bonchev–Trinajstić information content (AvgIpc) is 2.34. The Bertz CT molecular complexity index is 146. The summed E-state index contributed by atoms with van der Waals surface area (Å²) in [4.78, 5) is 2.46. The molecule has 0 saturated carbocycles. The van der Waals surface area contributed by atoms with Crippen molar-refractivity contribution in [2.24, 2.45) is 5.92 Å². The lowest BCUT2D eigenvalue weighted by Gasteiger charge is -2.35. The van der Waals surface area contributed by atoms with Gasteiger partial charge in [0.1, 0.15) is 0 Å². The summed E-state index contributed by atoms with van der Waals surface area (Å²) in [7, 11) is 0. The summed E-state index contributed by atoms with van der Waals surface area (Å²) in [5, 5.41) is 9.65. The molecule has 0 radical (unpaired) electrons. The van der Waals surface area contributed by atoms with Gasteiger partial charge in [0.25, 0.3) is 0 Å². The molecular weight excluding hydrogens is 138 g/mol. The van der Waals surface area contributed by atoms with Gasteiger partial charge in [-0.15, -0.1) is 0 Å². The number of rotatable bonds is 0. The van der Waals surface area contributed by atoms with E-state index in [0.717, 1.165) is 13.0 Å². The topological polar surface area (TPSA) is 23.5 Å². The number of aliphatic hydroxyl groups excluding tert-OH is 1. The lowest BCUT2D eigenvalue weighted by Crippen LogP contribution is -2.44. The first-order chi connectivity index (χ1) is 5.29. The van der Waals surface area contributed by atoms with E-state index in [0.29, 0.717) is 12.0 Å². The number of nitrogens with zero attached hydrogens (tertiary/aromatic N) is 1. The van der Waals surface area contributed by atoms with Crippen molar-refractivity contribution in [2.75, 3.05) is 13.1 Å². The van der Waals surface area contributed by atoms with Gasteiger partial charge in [-0.05, 0) is 31.7 Å². The standard InChI is InChI=1S/C9H17NO/c1-7-3-2-5-10-6-4-8(11)9(7)10/h7-9,11H,2-6H2,1H3. The average molecular weight is 155 g/mol. The zero-order chi connectivity index (χ0) is 7.84. The molecule has 0 aliphatic carbocycles. The smallest absolute Gasteiger partial charge is 0.0710 e. The number of hydrogen-bond donors (Lipinski definition) is 1. The monoisotopic (exact) mass is 155 g/mol. The van der Waals surface area contributed by atoms with Gasteiger partial charge in [0.05, 0.1) is 6.10 Å². The van der Waals surface area contributed by atoms with E-state index in [1.807, 2.05) is 0 Å². The van der Waals surface area contributed by atoms with Gasteiger partial charge >= 0.3 is 0 Å². The van der Waals surface area contributed by atoms with Gasteiger partial charge < -0.3 is 5.11 Å². The molecule has 1 N–H and O–H groups in total. The second-order valence-electron chi connectivity index (χ2n) is 4.00. The number of piperidine rings is 1. The highest BCUT2D eigenvalue weighted by Gasteiger charge is 2.38. The van der Waals surface area contributed by atoms with Crippen LogP contribution in [0.25, 0.3) is 0 Å². The maximum absolute atomic E-state index is 9.65. The zero-order valence-electron chi connectivity index (χ0n) is 7.16. The molecule has 2 rings (SSSR count). The minimum Gasteiger partial charge on any atom is -0.391 e. The Morgan fingerprint density at radius 1 is 1.27 bits per heavy atom. The second kappa shape index (κ2) is 2.76. The van der Waals surface area contributed by atoms with E-state index >= 15 is 0 Å². The summed E-state index contributed by atoms with van der Waals surface area (Å²) in [5.74, 6) is 0.709. The van der Waals surface area contributed by atoms with Crippen molar-refractivity contribution < 1.29 is 5.11 Å². The molecule has 64 valence electrons. The highest BCUT2D eigenvalue weighted by Crippen LogP contribution is 2.31. The summed E-state index contributed by atoms with van der Waals surface area (Å²) >= 11 is 0. The third-order valence-corrected chi connectivity index (χ3v) is 3.22. The predicted octanol–water partition coefficient (Wildman–Crippen LogP) is 0.851. The van der Waals surface area contributed by atoms with Crippen molar-refractivity contribution in [1.82, 2.24) is 4.90 Å². The Hall–Kier alpha value is -0.0800. The number of aliphatic hydroxyl groups is 1. The highest BCUT2D eigenvalue weighted by molar-refractivity contribution is 4.92. The first kappa shape index (κ1) is 7.56. The molecular formula is C9H17NO. The fourth-order valence-electron chi connectivity index (χ4n) is 2.65. The maximum atomic E-state index is 9.65. The van der Waals surface area contributed by atoms with Crippen LogP contribution < -0.4 is 0 Å². The molecule has 2 aliphatic rings. The lowest BCUT2D eigenvalue weighted by atomic mass is 9.90. The van der Waals surface area contributed by atoms with Crippen molar-refractivity contribution in [2.45, 2.75) is 38.3 Å².